The molecule has 0 amide bonds. The summed E-state index contributed by atoms with van der Waals surface area (Å²) in [6.45, 7) is 0.512. The van der Waals surface area contributed by atoms with E-state index in [1.165, 1.54) is 0 Å². The molecule has 1 saturated carbocycles. The van der Waals surface area contributed by atoms with Gasteiger partial charge in [0.25, 0.3) is 0 Å². The van der Waals surface area contributed by atoms with Gasteiger partial charge in [0.15, 0.2) is 0 Å². The molecule has 0 bridgehead atoms. The van der Waals surface area contributed by atoms with Gasteiger partial charge in [0, 0.05) is 5.56 Å². The van der Waals surface area contributed by atoms with Gasteiger partial charge in [-0.15, -0.1) is 0 Å². The van der Waals surface area contributed by atoms with E-state index in [2.05, 4.69) is 4.98 Å². The van der Waals surface area contributed by atoms with Crippen LogP contribution in [-0.2, 0) is 0 Å². The fraction of sp³-hybridized carbons (Fsp3) is 0.312. The first kappa shape index (κ1) is 14.2. The summed E-state index contributed by atoms with van der Waals surface area (Å²) in [5.74, 6) is 1.48. The number of halogens is 1. The maximum absolute atomic E-state index is 6.18. The van der Waals surface area contributed by atoms with Crippen LogP contribution in [0.5, 0.6) is 11.5 Å². The molecule has 2 aromatic rings. The Morgan fingerprint density at radius 3 is 2.57 bits per heavy atom. The minimum absolute atomic E-state index is 0.153. The molecule has 110 valence electrons. The molecule has 5 heteroatoms. The standard InChI is InChI=1S/C16H17ClN2O2/c1-20-12-4-2-11(3-5-12)14-8-13(9-19-15(14)17)21-10-16(18)6-7-16/h2-5,8-9H,6-7,10,18H2,1H3. The summed E-state index contributed by atoms with van der Waals surface area (Å²) < 4.78 is 10.9. The minimum atomic E-state index is -0.153. The van der Waals surface area contributed by atoms with Gasteiger partial charge in [-0.1, -0.05) is 23.7 Å². The van der Waals surface area contributed by atoms with Crippen molar-refractivity contribution < 1.29 is 9.47 Å². The summed E-state index contributed by atoms with van der Waals surface area (Å²) in [7, 11) is 1.64. The lowest BCUT2D eigenvalue weighted by Crippen LogP contribution is -2.29. The summed E-state index contributed by atoms with van der Waals surface area (Å²) in [5, 5.41) is 0.446. The lowest BCUT2D eigenvalue weighted by atomic mass is 10.1. The highest BCUT2D eigenvalue weighted by atomic mass is 35.5. The van der Waals surface area contributed by atoms with Crippen LogP contribution in [0.15, 0.2) is 36.5 Å². The highest BCUT2D eigenvalue weighted by molar-refractivity contribution is 6.32. The van der Waals surface area contributed by atoms with Crippen molar-refractivity contribution in [3.63, 3.8) is 0 Å². The van der Waals surface area contributed by atoms with Gasteiger partial charge >= 0.3 is 0 Å². The Hall–Kier alpha value is -1.78. The SMILES string of the molecule is COc1ccc(-c2cc(OCC3(N)CC3)cnc2Cl)cc1. The Bertz CT molecular complexity index is 639. The van der Waals surface area contributed by atoms with Crippen LogP contribution in [-0.4, -0.2) is 24.2 Å². The van der Waals surface area contributed by atoms with E-state index in [9.17, 15) is 0 Å². The largest absolute Gasteiger partial charge is 0.497 e. The van der Waals surface area contributed by atoms with Crippen molar-refractivity contribution >= 4 is 11.6 Å². The van der Waals surface area contributed by atoms with E-state index < -0.39 is 0 Å². The van der Waals surface area contributed by atoms with E-state index in [1.54, 1.807) is 13.3 Å². The van der Waals surface area contributed by atoms with Gasteiger partial charge in [-0.05, 0) is 36.6 Å². The van der Waals surface area contributed by atoms with Crippen LogP contribution < -0.4 is 15.2 Å². The molecule has 1 heterocycles. The molecule has 1 aromatic carbocycles. The third kappa shape index (κ3) is 3.28. The van der Waals surface area contributed by atoms with Gasteiger partial charge < -0.3 is 15.2 Å². The average Bonchev–Trinajstić information content (AvgIpc) is 3.25. The molecular formula is C16H17ClN2O2. The fourth-order valence-corrected chi connectivity index (χ4v) is 2.23. The predicted octanol–water partition coefficient (Wildman–Crippen LogP) is 3.28. The number of benzene rings is 1. The van der Waals surface area contributed by atoms with Crippen molar-refractivity contribution in [1.29, 1.82) is 0 Å². The summed E-state index contributed by atoms with van der Waals surface area (Å²) in [4.78, 5) is 4.19. The zero-order valence-electron chi connectivity index (χ0n) is 11.8. The van der Waals surface area contributed by atoms with E-state index in [4.69, 9.17) is 26.8 Å². The second kappa shape index (κ2) is 5.54. The smallest absolute Gasteiger partial charge is 0.138 e. The quantitative estimate of drug-likeness (QED) is 0.861. The molecule has 0 radical (unpaired) electrons. The number of hydrogen-bond acceptors (Lipinski definition) is 4. The van der Waals surface area contributed by atoms with Gasteiger partial charge in [-0.2, -0.15) is 0 Å². The van der Waals surface area contributed by atoms with E-state index in [-0.39, 0.29) is 5.54 Å². The molecule has 4 nitrogen and oxygen atoms in total. The van der Waals surface area contributed by atoms with Crippen LogP contribution in [0.4, 0.5) is 0 Å². The fourth-order valence-electron chi connectivity index (χ4n) is 2.01. The number of hydrogen-bond donors (Lipinski definition) is 1. The van der Waals surface area contributed by atoms with Crippen molar-refractivity contribution in [3.8, 4) is 22.6 Å². The lowest BCUT2D eigenvalue weighted by Gasteiger charge is -2.12. The van der Waals surface area contributed by atoms with E-state index in [0.717, 1.165) is 29.7 Å². The number of nitrogens with two attached hydrogens (primary N) is 1. The molecule has 0 unspecified atom stereocenters. The summed E-state index contributed by atoms with van der Waals surface area (Å²) in [6, 6.07) is 9.55. The van der Waals surface area contributed by atoms with Crippen LogP contribution in [0.25, 0.3) is 11.1 Å². The Balaban J connectivity index is 1.82. The Kier molecular flexibility index (Phi) is 3.74. The third-order valence-corrected chi connectivity index (χ3v) is 3.93. The van der Waals surface area contributed by atoms with Gasteiger partial charge in [-0.25, -0.2) is 4.98 Å². The maximum Gasteiger partial charge on any atom is 0.138 e. The van der Waals surface area contributed by atoms with Gasteiger partial charge in [-0.3, -0.25) is 0 Å². The molecule has 1 aliphatic carbocycles. The molecule has 0 saturated heterocycles. The molecule has 3 rings (SSSR count). The number of methoxy groups -OCH3 is 1. The Morgan fingerprint density at radius 1 is 1.24 bits per heavy atom. The zero-order chi connectivity index (χ0) is 14.9. The molecule has 21 heavy (non-hydrogen) atoms. The van der Waals surface area contributed by atoms with Gasteiger partial charge in [0.2, 0.25) is 0 Å². The first-order chi connectivity index (χ1) is 10.1. The normalized spacial score (nSPS) is 15.6. The second-order valence-corrected chi connectivity index (χ2v) is 5.75. The molecule has 1 aliphatic rings. The number of pyridine rings is 1. The van der Waals surface area contributed by atoms with Crippen molar-refractivity contribution in [2.24, 2.45) is 5.73 Å². The molecule has 1 aromatic heterocycles. The number of nitrogens with zero attached hydrogens (tertiary/aromatic N) is 1. The summed E-state index contributed by atoms with van der Waals surface area (Å²) in [5.41, 5.74) is 7.66. The lowest BCUT2D eigenvalue weighted by molar-refractivity contribution is 0.278. The highest BCUT2D eigenvalue weighted by Crippen LogP contribution is 2.34. The van der Waals surface area contributed by atoms with Crippen molar-refractivity contribution in [2.75, 3.05) is 13.7 Å². The first-order valence-corrected chi connectivity index (χ1v) is 7.19. The van der Waals surface area contributed by atoms with Crippen molar-refractivity contribution in [2.45, 2.75) is 18.4 Å². The van der Waals surface area contributed by atoms with Crippen LogP contribution >= 0.6 is 11.6 Å². The Morgan fingerprint density at radius 2 is 1.95 bits per heavy atom. The molecule has 1 fully saturated rings. The second-order valence-electron chi connectivity index (χ2n) is 5.39. The molecule has 2 N–H and O–H groups in total. The maximum atomic E-state index is 6.18. The van der Waals surface area contributed by atoms with Crippen LogP contribution in [0, 0.1) is 0 Å². The number of ether oxygens (including phenoxy) is 2. The number of rotatable bonds is 5. The average molecular weight is 305 g/mol. The molecule has 0 atom stereocenters. The third-order valence-electron chi connectivity index (χ3n) is 3.63. The monoisotopic (exact) mass is 304 g/mol. The minimum Gasteiger partial charge on any atom is -0.497 e. The summed E-state index contributed by atoms with van der Waals surface area (Å²) in [6.07, 6.45) is 3.65. The van der Waals surface area contributed by atoms with Crippen molar-refractivity contribution in [1.82, 2.24) is 4.98 Å². The molecule has 0 aliphatic heterocycles. The van der Waals surface area contributed by atoms with Crippen LogP contribution in [0.3, 0.4) is 0 Å². The molecule has 0 spiro atoms. The predicted molar refractivity (Wildman–Crippen MR) is 82.9 cm³/mol. The van der Waals surface area contributed by atoms with Crippen LogP contribution in [0.2, 0.25) is 5.15 Å². The first-order valence-electron chi connectivity index (χ1n) is 6.81. The van der Waals surface area contributed by atoms with E-state index in [1.807, 2.05) is 30.3 Å². The zero-order valence-corrected chi connectivity index (χ0v) is 12.6. The van der Waals surface area contributed by atoms with Gasteiger partial charge in [0.05, 0.1) is 18.8 Å². The Labute approximate surface area is 128 Å². The summed E-state index contributed by atoms with van der Waals surface area (Å²) >= 11 is 6.18. The van der Waals surface area contributed by atoms with Gasteiger partial charge in [0.1, 0.15) is 23.3 Å². The van der Waals surface area contributed by atoms with E-state index in [0.29, 0.717) is 17.5 Å². The van der Waals surface area contributed by atoms with Crippen LogP contribution in [0.1, 0.15) is 12.8 Å². The topological polar surface area (TPSA) is 57.4 Å². The molecular weight excluding hydrogens is 288 g/mol. The highest BCUT2D eigenvalue weighted by Gasteiger charge is 2.39. The number of aromatic nitrogens is 1. The van der Waals surface area contributed by atoms with Crippen molar-refractivity contribution in [3.05, 3.63) is 41.7 Å². The van der Waals surface area contributed by atoms with E-state index >= 15 is 0 Å².